The maximum absolute atomic E-state index is 11.3. The van der Waals surface area contributed by atoms with Crippen molar-refractivity contribution >= 4 is 17.6 Å². The van der Waals surface area contributed by atoms with Crippen LogP contribution in [0.25, 0.3) is 0 Å². The van der Waals surface area contributed by atoms with Gasteiger partial charge in [-0.3, -0.25) is 10.1 Å². The third-order valence-corrected chi connectivity index (χ3v) is 1.73. The van der Waals surface area contributed by atoms with Crippen molar-refractivity contribution in [2.24, 2.45) is 5.73 Å². The topological polar surface area (TPSA) is 107 Å². The summed E-state index contributed by atoms with van der Waals surface area (Å²) in [6.45, 7) is 0. The summed E-state index contributed by atoms with van der Waals surface area (Å²) in [6, 6.07) is 3.50. The normalized spacial score (nSPS) is 9.40. The quantitative estimate of drug-likeness (QED) is 0.599. The molecule has 0 atom stereocenters. The summed E-state index contributed by atoms with van der Waals surface area (Å²) in [5.41, 5.74) is 10.9. The van der Waals surface area contributed by atoms with Crippen LogP contribution in [0.2, 0.25) is 0 Å². The molecule has 0 spiro atoms. The van der Waals surface area contributed by atoms with Crippen LogP contribution in [0.1, 0.15) is 10.4 Å². The molecule has 1 rings (SSSR count). The van der Waals surface area contributed by atoms with E-state index in [1.165, 1.54) is 25.3 Å². The molecular weight excluding hydrogens is 198 g/mol. The Labute approximate surface area is 86.2 Å². The summed E-state index contributed by atoms with van der Waals surface area (Å²) in [4.78, 5) is 21.7. The second kappa shape index (κ2) is 4.32. The Morgan fingerprint density at radius 1 is 1.40 bits per heavy atom. The van der Waals surface area contributed by atoms with Gasteiger partial charge in [-0.05, 0) is 18.2 Å². The Kier molecular flexibility index (Phi) is 3.12. The molecule has 0 saturated carbocycles. The van der Waals surface area contributed by atoms with Gasteiger partial charge in [0.25, 0.3) is 5.91 Å². The zero-order chi connectivity index (χ0) is 11.4. The van der Waals surface area contributed by atoms with Crippen molar-refractivity contribution in [3.8, 4) is 5.75 Å². The minimum Gasteiger partial charge on any atom is -0.495 e. The summed E-state index contributed by atoms with van der Waals surface area (Å²) in [5, 5.41) is 1.93. The first-order valence-corrected chi connectivity index (χ1v) is 4.09. The van der Waals surface area contributed by atoms with E-state index in [4.69, 9.17) is 16.2 Å². The lowest BCUT2D eigenvalue weighted by molar-refractivity contribution is 0.0966. The van der Waals surface area contributed by atoms with Gasteiger partial charge in [0, 0.05) is 5.56 Å². The number of amides is 3. The van der Waals surface area contributed by atoms with Crippen LogP contribution < -0.4 is 21.5 Å². The second-order valence-corrected chi connectivity index (χ2v) is 2.78. The van der Waals surface area contributed by atoms with Gasteiger partial charge in [0.2, 0.25) is 0 Å². The maximum atomic E-state index is 11.3. The van der Waals surface area contributed by atoms with Crippen molar-refractivity contribution in [3.63, 3.8) is 0 Å². The molecule has 0 fully saturated rings. The van der Waals surface area contributed by atoms with Gasteiger partial charge in [0.05, 0.1) is 12.8 Å². The van der Waals surface area contributed by atoms with Gasteiger partial charge >= 0.3 is 6.03 Å². The summed E-state index contributed by atoms with van der Waals surface area (Å²) < 4.78 is 4.91. The number of ether oxygens (including phenoxy) is 1. The number of hydrogen-bond acceptors (Lipinski definition) is 4. The number of carbonyl (C=O) groups is 2. The fraction of sp³-hybridized carbons (Fsp3) is 0.111. The molecule has 1 aromatic rings. The Morgan fingerprint density at radius 3 is 2.53 bits per heavy atom. The zero-order valence-electron chi connectivity index (χ0n) is 8.11. The number of urea groups is 1. The highest BCUT2D eigenvalue weighted by molar-refractivity contribution is 6.04. The Balaban J connectivity index is 2.92. The SMILES string of the molecule is COc1ccc(C(=O)NC(N)=O)cc1N. The number of hydrogen-bond donors (Lipinski definition) is 3. The summed E-state index contributed by atoms with van der Waals surface area (Å²) in [5.74, 6) is -0.137. The minimum absolute atomic E-state index is 0.243. The monoisotopic (exact) mass is 209 g/mol. The van der Waals surface area contributed by atoms with E-state index in [9.17, 15) is 9.59 Å². The number of methoxy groups -OCH3 is 1. The summed E-state index contributed by atoms with van der Waals surface area (Å²) in [7, 11) is 1.47. The molecule has 0 bridgehead atoms. The number of rotatable bonds is 2. The molecule has 0 unspecified atom stereocenters. The first-order chi connectivity index (χ1) is 7.04. The molecule has 0 aliphatic carbocycles. The predicted octanol–water partition coefficient (Wildman–Crippen LogP) is 0.0859. The Morgan fingerprint density at radius 2 is 2.07 bits per heavy atom. The van der Waals surface area contributed by atoms with Crippen LogP contribution in [0, 0.1) is 0 Å². The van der Waals surface area contributed by atoms with E-state index in [0.29, 0.717) is 11.4 Å². The first-order valence-electron chi connectivity index (χ1n) is 4.09. The molecule has 6 heteroatoms. The van der Waals surface area contributed by atoms with E-state index < -0.39 is 11.9 Å². The zero-order valence-corrected chi connectivity index (χ0v) is 8.11. The number of nitrogen functional groups attached to an aromatic ring is 1. The van der Waals surface area contributed by atoms with Crippen molar-refractivity contribution in [2.75, 3.05) is 12.8 Å². The van der Waals surface area contributed by atoms with Crippen LogP contribution in [0.3, 0.4) is 0 Å². The van der Waals surface area contributed by atoms with Crippen molar-refractivity contribution in [1.82, 2.24) is 5.32 Å². The number of nitrogens with one attached hydrogen (secondary N) is 1. The van der Waals surface area contributed by atoms with Gasteiger partial charge in [0.1, 0.15) is 5.75 Å². The highest BCUT2D eigenvalue weighted by Gasteiger charge is 2.09. The van der Waals surface area contributed by atoms with Gasteiger partial charge in [-0.2, -0.15) is 0 Å². The molecule has 5 N–H and O–H groups in total. The van der Waals surface area contributed by atoms with E-state index in [2.05, 4.69) is 0 Å². The number of benzene rings is 1. The molecular formula is C9H11N3O3. The highest BCUT2D eigenvalue weighted by atomic mass is 16.5. The van der Waals surface area contributed by atoms with Crippen LogP contribution in [0.5, 0.6) is 5.75 Å². The smallest absolute Gasteiger partial charge is 0.319 e. The lowest BCUT2D eigenvalue weighted by Crippen LogP contribution is -2.34. The van der Waals surface area contributed by atoms with Crippen molar-refractivity contribution < 1.29 is 14.3 Å². The lowest BCUT2D eigenvalue weighted by Gasteiger charge is -2.06. The molecule has 80 valence electrons. The number of nitrogens with two attached hydrogens (primary N) is 2. The third kappa shape index (κ3) is 2.60. The average Bonchev–Trinajstić information content (AvgIpc) is 2.16. The van der Waals surface area contributed by atoms with Gasteiger partial charge in [-0.15, -0.1) is 0 Å². The van der Waals surface area contributed by atoms with Crippen LogP contribution in [-0.4, -0.2) is 19.0 Å². The van der Waals surface area contributed by atoms with Gasteiger partial charge < -0.3 is 16.2 Å². The third-order valence-electron chi connectivity index (χ3n) is 1.73. The Hall–Kier alpha value is -2.24. The van der Waals surface area contributed by atoms with E-state index in [-0.39, 0.29) is 5.56 Å². The fourth-order valence-electron chi connectivity index (χ4n) is 1.06. The van der Waals surface area contributed by atoms with Crippen LogP contribution in [0.15, 0.2) is 18.2 Å². The van der Waals surface area contributed by atoms with E-state index in [0.717, 1.165) is 0 Å². The van der Waals surface area contributed by atoms with E-state index >= 15 is 0 Å². The molecule has 0 aliphatic rings. The number of primary amides is 1. The largest absolute Gasteiger partial charge is 0.495 e. The summed E-state index contributed by atoms with van der Waals surface area (Å²) in [6.07, 6.45) is 0. The van der Waals surface area contributed by atoms with Crippen LogP contribution >= 0.6 is 0 Å². The molecule has 0 heterocycles. The van der Waals surface area contributed by atoms with Crippen LogP contribution in [0.4, 0.5) is 10.5 Å². The Bertz CT molecular complexity index is 404. The molecule has 1 aromatic carbocycles. The van der Waals surface area contributed by atoms with E-state index in [1.54, 1.807) is 0 Å². The molecule has 0 saturated heterocycles. The van der Waals surface area contributed by atoms with Gasteiger partial charge in [-0.1, -0.05) is 0 Å². The second-order valence-electron chi connectivity index (χ2n) is 2.78. The van der Waals surface area contributed by atoms with Crippen molar-refractivity contribution in [1.29, 1.82) is 0 Å². The molecule has 3 amide bonds. The number of imide groups is 1. The van der Waals surface area contributed by atoms with Crippen LogP contribution in [-0.2, 0) is 0 Å². The molecule has 15 heavy (non-hydrogen) atoms. The maximum Gasteiger partial charge on any atom is 0.319 e. The number of anilines is 1. The van der Waals surface area contributed by atoms with E-state index in [1.807, 2.05) is 5.32 Å². The summed E-state index contributed by atoms with van der Waals surface area (Å²) >= 11 is 0. The van der Waals surface area contributed by atoms with Gasteiger partial charge in [0.15, 0.2) is 0 Å². The molecule has 0 aromatic heterocycles. The van der Waals surface area contributed by atoms with Gasteiger partial charge in [-0.25, -0.2) is 4.79 Å². The molecule has 0 aliphatic heterocycles. The standard InChI is InChI=1S/C9H11N3O3/c1-15-7-3-2-5(4-6(7)10)8(13)12-9(11)14/h2-4H,10H2,1H3,(H3,11,12,13,14). The predicted molar refractivity (Wildman–Crippen MR) is 54.5 cm³/mol. The number of carbonyl (C=O) groups excluding carboxylic acids is 2. The lowest BCUT2D eigenvalue weighted by atomic mass is 10.2. The average molecular weight is 209 g/mol. The van der Waals surface area contributed by atoms with Crippen molar-refractivity contribution in [3.05, 3.63) is 23.8 Å². The highest BCUT2D eigenvalue weighted by Crippen LogP contribution is 2.21. The first kappa shape index (κ1) is 10.8. The minimum atomic E-state index is -0.908. The molecule has 6 nitrogen and oxygen atoms in total. The fourth-order valence-corrected chi connectivity index (χ4v) is 1.06. The van der Waals surface area contributed by atoms with Crippen molar-refractivity contribution in [2.45, 2.75) is 0 Å². The molecule has 0 radical (unpaired) electrons.